The van der Waals surface area contributed by atoms with E-state index in [-0.39, 0.29) is 11.1 Å². The van der Waals surface area contributed by atoms with Crippen LogP contribution in [-0.2, 0) is 6.42 Å². The Kier molecular flexibility index (Phi) is 3.04. The second-order valence-corrected chi connectivity index (χ2v) is 6.94. The molecule has 0 bridgehead atoms. The Labute approximate surface area is 110 Å². The standard InChI is InChI=1S/C15H24N2O/c1-14(2,3)17-8-7-11-9-12(10-16-13(11)17)18-15(4,5)6/h9-10H,7-8H2,1-6H3. The highest BCUT2D eigenvalue weighted by Crippen LogP contribution is 2.34. The minimum atomic E-state index is -0.168. The molecule has 0 amide bonds. The topological polar surface area (TPSA) is 25.4 Å². The van der Waals surface area contributed by atoms with Crippen LogP contribution in [0.1, 0.15) is 47.1 Å². The van der Waals surface area contributed by atoms with Gasteiger partial charge in [-0.3, -0.25) is 0 Å². The summed E-state index contributed by atoms with van der Waals surface area (Å²) in [5.41, 5.74) is 1.26. The van der Waals surface area contributed by atoms with E-state index in [4.69, 9.17) is 4.74 Å². The van der Waals surface area contributed by atoms with Crippen molar-refractivity contribution in [3.63, 3.8) is 0 Å². The molecule has 0 spiro atoms. The summed E-state index contributed by atoms with van der Waals surface area (Å²) in [5, 5.41) is 0. The summed E-state index contributed by atoms with van der Waals surface area (Å²) < 4.78 is 5.87. The number of pyridine rings is 1. The molecule has 2 rings (SSSR count). The Hall–Kier alpha value is -1.25. The van der Waals surface area contributed by atoms with Crippen molar-refractivity contribution >= 4 is 5.82 Å². The van der Waals surface area contributed by atoms with Crippen LogP contribution in [0.2, 0.25) is 0 Å². The van der Waals surface area contributed by atoms with E-state index in [9.17, 15) is 0 Å². The minimum absolute atomic E-state index is 0.130. The van der Waals surface area contributed by atoms with Crippen LogP contribution >= 0.6 is 0 Å². The first kappa shape index (κ1) is 13.2. The van der Waals surface area contributed by atoms with Crippen molar-refractivity contribution in [2.45, 2.75) is 59.1 Å². The lowest BCUT2D eigenvalue weighted by Gasteiger charge is -2.33. The Morgan fingerprint density at radius 2 is 1.83 bits per heavy atom. The fourth-order valence-corrected chi connectivity index (χ4v) is 2.31. The van der Waals surface area contributed by atoms with Gasteiger partial charge in [0, 0.05) is 17.6 Å². The quantitative estimate of drug-likeness (QED) is 0.761. The molecule has 2 heterocycles. The lowest BCUT2D eigenvalue weighted by atomic mass is 10.1. The van der Waals surface area contributed by atoms with E-state index in [1.165, 1.54) is 5.56 Å². The molecule has 1 aliphatic heterocycles. The molecule has 3 heteroatoms. The van der Waals surface area contributed by atoms with Crippen LogP contribution in [0.15, 0.2) is 12.3 Å². The molecular formula is C15H24N2O. The van der Waals surface area contributed by atoms with Gasteiger partial charge in [-0.05, 0) is 54.0 Å². The number of nitrogens with zero attached hydrogens (tertiary/aromatic N) is 2. The second kappa shape index (κ2) is 4.15. The Bertz CT molecular complexity index is 441. The van der Waals surface area contributed by atoms with Gasteiger partial charge in [-0.1, -0.05) is 0 Å². The van der Waals surface area contributed by atoms with Crippen LogP contribution in [0.25, 0.3) is 0 Å². The molecule has 0 fully saturated rings. The van der Waals surface area contributed by atoms with Gasteiger partial charge in [-0.25, -0.2) is 4.98 Å². The second-order valence-electron chi connectivity index (χ2n) is 6.94. The molecule has 3 nitrogen and oxygen atoms in total. The third kappa shape index (κ3) is 2.77. The summed E-state index contributed by atoms with van der Waals surface area (Å²) in [4.78, 5) is 6.96. The molecule has 0 saturated carbocycles. The predicted molar refractivity (Wildman–Crippen MR) is 75.4 cm³/mol. The Balaban J connectivity index is 2.26. The van der Waals surface area contributed by atoms with E-state index in [0.29, 0.717) is 0 Å². The molecule has 0 atom stereocenters. The van der Waals surface area contributed by atoms with E-state index in [0.717, 1.165) is 24.5 Å². The third-order valence-corrected chi connectivity index (χ3v) is 3.01. The lowest BCUT2D eigenvalue weighted by Crippen LogP contribution is -2.40. The zero-order valence-electron chi connectivity index (χ0n) is 12.4. The zero-order chi connectivity index (χ0) is 13.6. The average Bonchev–Trinajstić information content (AvgIpc) is 2.56. The molecule has 0 aromatic carbocycles. The Morgan fingerprint density at radius 1 is 1.17 bits per heavy atom. The third-order valence-electron chi connectivity index (χ3n) is 3.01. The van der Waals surface area contributed by atoms with Gasteiger partial charge >= 0.3 is 0 Å². The summed E-state index contributed by atoms with van der Waals surface area (Å²) in [5.74, 6) is 1.99. The van der Waals surface area contributed by atoms with Crippen molar-refractivity contribution in [1.29, 1.82) is 0 Å². The van der Waals surface area contributed by atoms with Crippen molar-refractivity contribution in [1.82, 2.24) is 4.98 Å². The summed E-state index contributed by atoms with van der Waals surface area (Å²) >= 11 is 0. The number of hydrogen-bond acceptors (Lipinski definition) is 3. The molecule has 0 saturated heterocycles. The van der Waals surface area contributed by atoms with Crippen LogP contribution in [0.5, 0.6) is 5.75 Å². The molecule has 0 aliphatic carbocycles. The zero-order valence-corrected chi connectivity index (χ0v) is 12.4. The molecule has 100 valence electrons. The highest BCUT2D eigenvalue weighted by atomic mass is 16.5. The maximum absolute atomic E-state index is 5.87. The molecule has 1 aromatic heterocycles. The summed E-state index contributed by atoms with van der Waals surface area (Å²) in [6.45, 7) is 13.9. The SMILES string of the molecule is CC(C)(C)Oc1cnc2c(c1)CCN2C(C)(C)C. The van der Waals surface area contributed by atoms with Gasteiger partial charge in [0.05, 0.1) is 6.20 Å². The molecule has 1 aromatic rings. The number of aromatic nitrogens is 1. The number of hydrogen-bond donors (Lipinski definition) is 0. The molecular weight excluding hydrogens is 224 g/mol. The largest absolute Gasteiger partial charge is 0.487 e. The van der Waals surface area contributed by atoms with Crippen LogP contribution in [0, 0.1) is 0 Å². The van der Waals surface area contributed by atoms with Gasteiger partial charge in [0.2, 0.25) is 0 Å². The Morgan fingerprint density at radius 3 is 2.39 bits per heavy atom. The van der Waals surface area contributed by atoms with Gasteiger partial charge in [0.1, 0.15) is 17.2 Å². The fraction of sp³-hybridized carbons (Fsp3) is 0.667. The highest BCUT2D eigenvalue weighted by Gasteiger charge is 2.30. The number of fused-ring (bicyclic) bond motifs is 1. The molecule has 0 N–H and O–H groups in total. The van der Waals surface area contributed by atoms with Gasteiger partial charge in [-0.2, -0.15) is 0 Å². The van der Waals surface area contributed by atoms with E-state index >= 15 is 0 Å². The van der Waals surface area contributed by atoms with Gasteiger partial charge in [0.25, 0.3) is 0 Å². The van der Waals surface area contributed by atoms with Crippen LogP contribution in [0.3, 0.4) is 0 Å². The molecule has 18 heavy (non-hydrogen) atoms. The van der Waals surface area contributed by atoms with E-state index in [1.54, 1.807) is 0 Å². The van der Waals surface area contributed by atoms with Gasteiger partial charge in [0.15, 0.2) is 0 Å². The first-order valence-electron chi connectivity index (χ1n) is 6.62. The van der Waals surface area contributed by atoms with Gasteiger partial charge in [-0.15, -0.1) is 0 Å². The maximum Gasteiger partial charge on any atom is 0.138 e. The number of rotatable bonds is 1. The highest BCUT2D eigenvalue weighted by molar-refractivity contribution is 5.55. The first-order valence-corrected chi connectivity index (χ1v) is 6.62. The van der Waals surface area contributed by atoms with Crippen molar-refractivity contribution < 1.29 is 4.74 Å². The van der Waals surface area contributed by atoms with Crippen LogP contribution in [0.4, 0.5) is 5.82 Å². The van der Waals surface area contributed by atoms with E-state index in [2.05, 4.69) is 57.5 Å². The number of ether oxygens (including phenoxy) is 1. The summed E-state index contributed by atoms with van der Waals surface area (Å²) in [7, 11) is 0. The molecule has 1 aliphatic rings. The summed E-state index contributed by atoms with van der Waals surface area (Å²) in [6, 6.07) is 2.14. The monoisotopic (exact) mass is 248 g/mol. The minimum Gasteiger partial charge on any atom is -0.487 e. The van der Waals surface area contributed by atoms with Crippen molar-refractivity contribution in [3.8, 4) is 5.75 Å². The average molecular weight is 248 g/mol. The predicted octanol–water partition coefficient (Wildman–Crippen LogP) is 3.42. The van der Waals surface area contributed by atoms with Crippen molar-refractivity contribution in [2.24, 2.45) is 0 Å². The van der Waals surface area contributed by atoms with E-state index < -0.39 is 0 Å². The first-order chi connectivity index (χ1) is 8.17. The number of anilines is 1. The normalized spacial score (nSPS) is 15.8. The van der Waals surface area contributed by atoms with Crippen molar-refractivity contribution in [3.05, 3.63) is 17.8 Å². The smallest absolute Gasteiger partial charge is 0.138 e. The lowest BCUT2D eigenvalue weighted by molar-refractivity contribution is 0.130. The van der Waals surface area contributed by atoms with Crippen LogP contribution < -0.4 is 9.64 Å². The van der Waals surface area contributed by atoms with Crippen molar-refractivity contribution in [2.75, 3.05) is 11.4 Å². The van der Waals surface area contributed by atoms with Gasteiger partial charge < -0.3 is 9.64 Å². The fourth-order valence-electron chi connectivity index (χ4n) is 2.31. The van der Waals surface area contributed by atoms with Crippen LogP contribution in [-0.4, -0.2) is 22.7 Å². The molecule has 0 radical (unpaired) electrons. The maximum atomic E-state index is 5.87. The molecule has 0 unspecified atom stereocenters. The van der Waals surface area contributed by atoms with E-state index in [1.807, 2.05) is 6.20 Å². The summed E-state index contributed by atoms with van der Waals surface area (Å²) in [6.07, 6.45) is 2.90.